The molecule has 2 rings (SSSR count). The summed E-state index contributed by atoms with van der Waals surface area (Å²) in [5, 5.41) is 3.08. The van der Waals surface area contributed by atoms with E-state index in [1.807, 2.05) is 12.1 Å². The van der Waals surface area contributed by atoms with Gasteiger partial charge in [-0.25, -0.2) is 0 Å². The zero-order valence-electron chi connectivity index (χ0n) is 8.45. The number of nitrogens with one attached hydrogen (secondary N) is 1. The van der Waals surface area contributed by atoms with Crippen molar-refractivity contribution in [2.45, 2.75) is 0 Å². The standard InChI is InChI=1S/C10H11ClN2O2/c1-14-9-5-7-8(6-10(9)15-2)13(11)4-3-12-7/h3-6,12H,1-2H3. The molecule has 0 bridgehead atoms. The summed E-state index contributed by atoms with van der Waals surface area (Å²) in [4.78, 5) is 0. The van der Waals surface area contributed by atoms with Crippen molar-refractivity contribution in [2.24, 2.45) is 0 Å². The highest BCUT2D eigenvalue weighted by Gasteiger charge is 2.15. The van der Waals surface area contributed by atoms with E-state index in [4.69, 9.17) is 21.3 Å². The van der Waals surface area contributed by atoms with E-state index in [0.29, 0.717) is 11.5 Å². The van der Waals surface area contributed by atoms with E-state index in [1.165, 1.54) is 4.42 Å². The van der Waals surface area contributed by atoms with Gasteiger partial charge in [0.25, 0.3) is 0 Å². The second kappa shape index (κ2) is 3.90. The molecule has 0 aliphatic carbocycles. The van der Waals surface area contributed by atoms with Crippen LogP contribution in [0.4, 0.5) is 11.4 Å². The number of nitrogens with zero attached hydrogens (tertiary/aromatic N) is 1. The van der Waals surface area contributed by atoms with E-state index >= 15 is 0 Å². The van der Waals surface area contributed by atoms with E-state index in [0.717, 1.165) is 11.4 Å². The Labute approximate surface area is 93.1 Å². The molecule has 0 aromatic heterocycles. The largest absolute Gasteiger partial charge is 0.493 e. The molecule has 1 heterocycles. The zero-order valence-corrected chi connectivity index (χ0v) is 9.21. The predicted molar refractivity (Wildman–Crippen MR) is 60.6 cm³/mol. The van der Waals surface area contributed by atoms with Gasteiger partial charge in [-0.05, 0) is 0 Å². The van der Waals surface area contributed by atoms with Crippen molar-refractivity contribution in [3.63, 3.8) is 0 Å². The number of hydrogen-bond donors (Lipinski definition) is 1. The molecule has 1 aromatic rings. The third kappa shape index (κ3) is 1.68. The number of benzene rings is 1. The molecule has 0 radical (unpaired) electrons. The molecule has 0 saturated carbocycles. The van der Waals surface area contributed by atoms with Gasteiger partial charge in [-0.15, -0.1) is 0 Å². The molecule has 0 unspecified atom stereocenters. The van der Waals surface area contributed by atoms with Gasteiger partial charge in [0.2, 0.25) is 0 Å². The topological polar surface area (TPSA) is 33.7 Å². The Hall–Kier alpha value is -1.55. The molecule has 4 nitrogen and oxygen atoms in total. The minimum absolute atomic E-state index is 0.652. The van der Waals surface area contributed by atoms with Crippen molar-refractivity contribution >= 4 is 23.2 Å². The fraction of sp³-hybridized carbons (Fsp3) is 0.200. The summed E-state index contributed by atoms with van der Waals surface area (Å²) in [6.45, 7) is 0. The number of ether oxygens (including phenoxy) is 2. The maximum absolute atomic E-state index is 5.98. The Kier molecular flexibility index (Phi) is 2.60. The molecule has 0 fully saturated rings. The third-order valence-electron chi connectivity index (χ3n) is 2.18. The van der Waals surface area contributed by atoms with Crippen LogP contribution in [-0.4, -0.2) is 14.2 Å². The zero-order chi connectivity index (χ0) is 10.8. The van der Waals surface area contributed by atoms with Gasteiger partial charge in [-0.1, -0.05) is 0 Å². The summed E-state index contributed by atoms with van der Waals surface area (Å²) >= 11 is 5.98. The van der Waals surface area contributed by atoms with Crippen LogP contribution in [0.15, 0.2) is 24.5 Å². The average molecular weight is 227 g/mol. The minimum atomic E-state index is 0.652. The number of anilines is 2. The second-order valence-electron chi connectivity index (χ2n) is 3.00. The van der Waals surface area contributed by atoms with Gasteiger partial charge in [0.05, 0.1) is 25.6 Å². The number of halogens is 1. The first-order chi connectivity index (χ1) is 7.26. The quantitative estimate of drug-likeness (QED) is 0.786. The van der Waals surface area contributed by atoms with Crippen molar-refractivity contribution in [2.75, 3.05) is 24.0 Å². The summed E-state index contributed by atoms with van der Waals surface area (Å²) in [6, 6.07) is 3.66. The highest BCUT2D eigenvalue weighted by molar-refractivity contribution is 6.28. The first-order valence-corrected chi connectivity index (χ1v) is 4.74. The van der Waals surface area contributed by atoms with Crippen molar-refractivity contribution in [1.82, 2.24) is 0 Å². The van der Waals surface area contributed by atoms with Crippen molar-refractivity contribution in [3.05, 3.63) is 24.5 Å². The monoisotopic (exact) mass is 226 g/mol. The van der Waals surface area contributed by atoms with Crippen LogP contribution in [-0.2, 0) is 0 Å². The average Bonchev–Trinajstić information content (AvgIpc) is 2.28. The lowest BCUT2D eigenvalue weighted by molar-refractivity contribution is 0.355. The maximum Gasteiger partial charge on any atom is 0.163 e. The highest BCUT2D eigenvalue weighted by Crippen LogP contribution is 2.40. The SMILES string of the molecule is COc1cc2c(cc1OC)N(Cl)C=CN2. The van der Waals surface area contributed by atoms with Crippen LogP contribution < -0.4 is 19.2 Å². The Balaban J connectivity index is 2.51. The van der Waals surface area contributed by atoms with E-state index in [2.05, 4.69) is 5.32 Å². The maximum atomic E-state index is 5.98. The Morgan fingerprint density at radius 2 is 1.87 bits per heavy atom. The summed E-state index contributed by atoms with van der Waals surface area (Å²) in [6.07, 6.45) is 3.47. The van der Waals surface area contributed by atoms with Crippen LogP contribution in [0.25, 0.3) is 0 Å². The molecule has 1 aliphatic rings. The number of rotatable bonds is 2. The number of methoxy groups -OCH3 is 2. The number of fused-ring (bicyclic) bond motifs is 1. The van der Waals surface area contributed by atoms with Gasteiger partial charge < -0.3 is 14.8 Å². The minimum Gasteiger partial charge on any atom is -0.493 e. The Bertz CT molecular complexity index is 407. The molecule has 1 N–H and O–H groups in total. The molecule has 5 heteroatoms. The first kappa shape index (κ1) is 9.98. The third-order valence-corrected chi connectivity index (χ3v) is 2.47. The second-order valence-corrected chi connectivity index (χ2v) is 3.36. The molecule has 1 aliphatic heterocycles. The van der Waals surface area contributed by atoms with Gasteiger partial charge in [0.15, 0.2) is 11.5 Å². The lowest BCUT2D eigenvalue weighted by Crippen LogP contribution is -2.10. The van der Waals surface area contributed by atoms with Gasteiger partial charge >= 0.3 is 0 Å². The normalized spacial score (nSPS) is 13.1. The van der Waals surface area contributed by atoms with Crippen LogP contribution in [0.3, 0.4) is 0 Å². The Morgan fingerprint density at radius 3 is 2.53 bits per heavy atom. The molecule has 0 spiro atoms. The predicted octanol–water partition coefficient (Wildman–Crippen LogP) is 2.56. The van der Waals surface area contributed by atoms with Crippen molar-refractivity contribution in [1.29, 1.82) is 0 Å². The van der Waals surface area contributed by atoms with Gasteiger partial charge in [0, 0.05) is 36.3 Å². The molecular formula is C10H11ClN2O2. The summed E-state index contributed by atoms with van der Waals surface area (Å²) in [7, 11) is 3.19. The summed E-state index contributed by atoms with van der Waals surface area (Å²) in [5.41, 5.74) is 1.71. The van der Waals surface area contributed by atoms with Crippen molar-refractivity contribution in [3.8, 4) is 11.5 Å². The number of hydrogen-bond acceptors (Lipinski definition) is 4. The van der Waals surface area contributed by atoms with Crippen LogP contribution in [0.5, 0.6) is 11.5 Å². The lowest BCUT2D eigenvalue weighted by Gasteiger charge is -2.22. The van der Waals surface area contributed by atoms with Crippen LogP contribution >= 0.6 is 11.8 Å². The van der Waals surface area contributed by atoms with Gasteiger partial charge in [-0.3, -0.25) is 4.42 Å². The fourth-order valence-electron chi connectivity index (χ4n) is 1.43. The highest BCUT2D eigenvalue weighted by atomic mass is 35.5. The summed E-state index contributed by atoms with van der Waals surface area (Å²) < 4.78 is 11.9. The van der Waals surface area contributed by atoms with Crippen LogP contribution in [0, 0.1) is 0 Å². The van der Waals surface area contributed by atoms with E-state index in [1.54, 1.807) is 26.6 Å². The van der Waals surface area contributed by atoms with Gasteiger partial charge in [0.1, 0.15) is 0 Å². The molecule has 0 amide bonds. The van der Waals surface area contributed by atoms with Gasteiger partial charge in [-0.2, -0.15) is 0 Å². The lowest BCUT2D eigenvalue weighted by atomic mass is 10.2. The Morgan fingerprint density at radius 1 is 1.20 bits per heavy atom. The molecular weight excluding hydrogens is 216 g/mol. The van der Waals surface area contributed by atoms with E-state index < -0.39 is 0 Å². The van der Waals surface area contributed by atoms with E-state index in [9.17, 15) is 0 Å². The van der Waals surface area contributed by atoms with Crippen LogP contribution in [0.1, 0.15) is 0 Å². The molecule has 1 aromatic carbocycles. The van der Waals surface area contributed by atoms with Crippen LogP contribution in [0.2, 0.25) is 0 Å². The molecule has 80 valence electrons. The molecule has 15 heavy (non-hydrogen) atoms. The van der Waals surface area contributed by atoms with Crippen molar-refractivity contribution < 1.29 is 9.47 Å². The smallest absolute Gasteiger partial charge is 0.163 e. The first-order valence-electron chi connectivity index (χ1n) is 4.40. The molecule has 0 atom stereocenters. The fourth-order valence-corrected chi connectivity index (χ4v) is 1.63. The summed E-state index contributed by atoms with van der Waals surface area (Å²) in [5.74, 6) is 1.32. The van der Waals surface area contributed by atoms with E-state index in [-0.39, 0.29) is 0 Å². The molecule has 0 saturated heterocycles.